The Morgan fingerprint density at radius 1 is 1.26 bits per heavy atom. The molecule has 1 aliphatic rings. The number of thiazole rings is 1. The molecule has 1 aromatic heterocycles. The molecular weight excluding hydrogens is 254 g/mol. The number of aryl methyl sites for hydroxylation is 1. The van der Waals surface area contributed by atoms with Gasteiger partial charge in [0.2, 0.25) is 0 Å². The van der Waals surface area contributed by atoms with Gasteiger partial charge >= 0.3 is 0 Å². The van der Waals surface area contributed by atoms with Gasteiger partial charge in [0.05, 0.1) is 5.69 Å². The number of aromatic nitrogens is 1. The van der Waals surface area contributed by atoms with Gasteiger partial charge in [0.1, 0.15) is 0 Å². The predicted molar refractivity (Wildman–Crippen MR) is 84.2 cm³/mol. The van der Waals surface area contributed by atoms with Crippen molar-refractivity contribution in [3.8, 4) is 0 Å². The molecular formula is C15H27N3S. The summed E-state index contributed by atoms with van der Waals surface area (Å²) < 4.78 is 0. The van der Waals surface area contributed by atoms with Gasteiger partial charge in [-0.3, -0.25) is 0 Å². The van der Waals surface area contributed by atoms with Crippen LogP contribution in [-0.4, -0.2) is 25.1 Å². The summed E-state index contributed by atoms with van der Waals surface area (Å²) in [6, 6.07) is 1.08. The molecule has 1 atom stereocenters. The summed E-state index contributed by atoms with van der Waals surface area (Å²) in [5.74, 6) is 0. The molecule has 1 saturated carbocycles. The highest BCUT2D eigenvalue weighted by Crippen LogP contribution is 2.33. The summed E-state index contributed by atoms with van der Waals surface area (Å²) in [5.41, 5.74) is 1.18. The zero-order chi connectivity index (χ0) is 13.8. The van der Waals surface area contributed by atoms with E-state index in [1.807, 2.05) is 18.4 Å². The van der Waals surface area contributed by atoms with E-state index in [1.54, 1.807) is 0 Å². The van der Waals surface area contributed by atoms with Gasteiger partial charge < -0.3 is 10.2 Å². The molecule has 4 heteroatoms. The average molecular weight is 281 g/mol. The van der Waals surface area contributed by atoms with Crippen molar-refractivity contribution in [1.29, 1.82) is 0 Å². The molecule has 0 aliphatic heterocycles. The van der Waals surface area contributed by atoms with Crippen molar-refractivity contribution in [3.05, 3.63) is 10.6 Å². The molecule has 1 fully saturated rings. The van der Waals surface area contributed by atoms with Crippen molar-refractivity contribution in [3.63, 3.8) is 0 Å². The number of hydrogen-bond donors (Lipinski definition) is 1. The van der Waals surface area contributed by atoms with Crippen LogP contribution in [0.15, 0.2) is 0 Å². The molecule has 1 unspecified atom stereocenters. The van der Waals surface area contributed by atoms with E-state index in [0.717, 1.165) is 0 Å². The van der Waals surface area contributed by atoms with E-state index in [9.17, 15) is 0 Å². The first kappa shape index (κ1) is 14.8. The Morgan fingerprint density at radius 3 is 2.47 bits per heavy atom. The Hall–Kier alpha value is -0.610. The summed E-state index contributed by atoms with van der Waals surface area (Å²) in [7, 11) is 4.24. The van der Waals surface area contributed by atoms with Crippen molar-refractivity contribution in [2.24, 2.45) is 0 Å². The lowest BCUT2D eigenvalue weighted by atomic mass is 10.1. The first-order valence-electron chi connectivity index (χ1n) is 7.51. The third-order valence-electron chi connectivity index (χ3n) is 4.32. The van der Waals surface area contributed by atoms with Crippen LogP contribution in [0, 0.1) is 6.92 Å². The van der Waals surface area contributed by atoms with Crippen LogP contribution < -0.4 is 10.2 Å². The van der Waals surface area contributed by atoms with Crippen LogP contribution in [0.25, 0.3) is 0 Å². The summed E-state index contributed by atoms with van der Waals surface area (Å²) in [4.78, 5) is 8.59. The SMILES string of the molecule is CNC(C)c1sc(N(C)C2CCCCCC2)nc1C. The molecule has 0 aromatic carbocycles. The Bertz CT molecular complexity index is 394. The maximum atomic E-state index is 4.79. The largest absolute Gasteiger partial charge is 0.348 e. The van der Waals surface area contributed by atoms with Gasteiger partial charge in [-0.2, -0.15) is 0 Å². The molecule has 19 heavy (non-hydrogen) atoms. The first-order valence-corrected chi connectivity index (χ1v) is 8.32. The van der Waals surface area contributed by atoms with E-state index in [0.29, 0.717) is 12.1 Å². The first-order chi connectivity index (χ1) is 9.13. The molecule has 0 bridgehead atoms. The van der Waals surface area contributed by atoms with Crippen LogP contribution in [-0.2, 0) is 0 Å². The Kier molecular flexibility index (Phi) is 5.22. The standard InChI is InChI=1S/C15H27N3S/c1-11(16-3)14-12(2)17-15(19-14)18(4)13-9-7-5-6-8-10-13/h11,13,16H,5-10H2,1-4H3. The second kappa shape index (κ2) is 6.71. The van der Waals surface area contributed by atoms with Gasteiger partial charge in [-0.1, -0.05) is 25.7 Å². The second-order valence-corrected chi connectivity index (χ2v) is 6.72. The fraction of sp³-hybridized carbons (Fsp3) is 0.800. The highest BCUT2D eigenvalue weighted by atomic mass is 32.1. The van der Waals surface area contributed by atoms with Gasteiger partial charge in [-0.15, -0.1) is 11.3 Å². The van der Waals surface area contributed by atoms with E-state index >= 15 is 0 Å². The quantitative estimate of drug-likeness (QED) is 0.849. The Balaban J connectivity index is 2.12. The topological polar surface area (TPSA) is 28.2 Å². The van der Waals surface area contributed by atoms with E-state index in [1.165, 1.54) is 54.2 Å². The number of hydrogen-bond acceptors (Lipinski definition) is 4. The normalized spacial score (nSPS) is 19.2. The maximum absolute atomic E-state index is 4.79. The minimum Gasteiger partial charge on any atom is -0.348 e. The second-order valence-electron chi connectivity index (χ2n) is 5.71. The summed E-state index contributed by atoms with van der Waals surface area (Å²) >= 11 is 1.85. The third-order valence-corrected chi connectivity index (χ3v) is 5.75. The molecule has 0 radical (unpaired) electrons. The molecule has 1 heterocycles. The molecule has 0 spiro atoms. The van der Waals surface area contributed by atoms with Crippen LogP contribution in [0.1, 0.15) is 62.1 Å². The fourth-order valence-corrected chi connectivity index (χ4v) is 4.04. The average Bonchev–Trinajstić information content (AvgIpc) is 2.65. The summed E-state index contributed by atoms with van der Waals surface area (Å²) in [6.45, 7) is 4.33. The lowest BCUT2D eigenvalue weighted by molar-refractivity contribution is 0.552. The number of rotatable bonds is 4. The number of nitrogens with one attached hydrogen (secondary N) is 1. The molecule has 0 saturated heterocycles. The monoisotopic (exact) mass is 281 g/mol. The maximum Gasteiger partial charge on any atom is 0.185 e. The van der Waals surface area contributed by atoms with Gasteiger partial charge in [-0.25, -0.2) is 4.98 Å². The van der Waals surface area contributed by atoms with E-state index in [-0.39, 0.29) is 0 Å². The zero-order valence-electron chi connectivity index (χ0n) is 12.7. The van der Waals surface area contributed by atoms with Crippen LogP contribution in [0.5, 0.6) is 0 Å². The van der Waals surface area contributed by atoms with Gasteiger partial charge in [-0.05, 0) is 33.7 Å². The Morgan fingerprint density at radius 2 is 1.89 bits per heavy atom. The van der Waals surface area contributed by atoms with E-state index in [4.69, 9.17) is 4.98 Å². The number of anilines is 1. The smallest absolute Gasteiger partial charge is 0.185 e. The molecule has 0 amide bonds. The lowest BCUT2D eigenvalue weighted by Gasteiger charge is -2.26. The van der Waals surface area contributed by atoms with Crippen molar-refractivity contribution in [2.45, 2.75) is 64.5 Å². The zero-order valence-corrected chi connectivity index (χ0v) is 13.5. The lowest BCUT2D eigenvalue weighted by Crippen LogP contribution is -2.30. The highest BCUT2D eigenvalue weighted by molar-refractivity contribution is 7.15. The van der Waals surface area contributed by atoms with Crippen LogP contribution in [0.3, 0.4) is 0 Å². The van der Waals surface area contributed by atoms with E-state index in [2.05, 4.69) is 31.1 Å². The predicted octanol–water partition coefficient (Wildman–Crippen LogP) is 3.89. The minimum absolute atomic E-state index is 0.397. The summed E-state index contributed by atoms with van der Waals surface area (Å²) in [5, 5.41) is 4.51. The van der Waals surface area contributed by atoms with E-state index < -0.39 is 0 Å². The summed E-state index contributed by atoms with van der Waals surface area (Å²) in [6.07, 6.45) is 8.21. The molecule has 3 nitrogen and oxygen atoms in total. The fourth-order valence-electron chi connectivity index (χ4n) is 2.88. The minimum atomic E-state index is 0.397. The molecule has 1 aliphatic carbocycles. The van der Waals surface area contributed by atoms with Gasteiger partial charge in [0.25, 0.3) is 0 Å². The number of nitrogens with zero attached hydrogens (tertiary/aromatic N) is 2. The van der Waals surface area contributed by atoms with Crippen LogP contribution in [0.2, 0.25) is 0 Å². The van der Waals surface area contributed by atoms with Crippen molar-refractivity contribution in [2.75, 3.05) is 19.0 Å². The molecule has 1 N–H and O–H groups in total. The molecule has 108 valence electrons. The van der Waals surface area contributed by atoms with Crippen molar-refractivity contribution < 1.29 is 0 Å². The van der Waals surface area contributed by atoms with Crippen LogP contribution in [0.4, 0.5) is 5.13 Å². The van der Waals surface area contributed by atoms with Crippen LogP contribution >= 0.6 is 11.3 Å². The molecule has 2 rings (SSSR count). The molecule has 1 aromatic rings. The van der Waals surface area contributed by atoms with Gasteiger partial charge in [0, 0.05) is 24.0 Å². The van der Waals surface area contributed by atoms with Crippen molar-refractivity contribution in [1.82, 2.24) is 10.3 Å². The highest BCUT2D eigenvalue weighted by Gasteiger charge is 2.21. The van der Waals surface area contributed by atoms with Crippen molar-refractivity contribution >= 4 is 16.5 Å². The Labute approximate surface area is 121 Å². The van der Waals surface area contributed by atoms with Gasteiger partial charge in [0.15, 0.2) is 5.13 Å². The third kappa shape index (κ3) is 3.48.